The lowest BCUT2D eigenvalue weighted by Crippen LogP contribution is -2.25. The fourth-order valence-electron chi connectivity index (χ4n) is 2.47. The molecule has 108 valence electrons. The average Bonchev–Trinajstić information content (AvgIpc) is 2.35. The van der Waals surface area contributed by atoms with Gasteiger partial charge in [-0.15, -0.1) is 0 Å². The lowest BCUT2D eigenvalue weighted by molar-refractivity contribution is 0.373. The quantitative estimate of drug-likeness (QED) is 0.773. The minimum Gasteiger partial charge on any atom is -0.496 e. The highest BCUT2D eigenvalue weighted by atomic mass is 35.5. The standard InChI is InChI=1S/C16H26ClNO/c1-5-18-11-13(8-12(2)3)9-14-10-15(17)6-7-16(14)19-4/h6-7,10,12-13,18H,5,8-9,11H2,1-4H3. The van der Waals surface area contributed by atoms with E-state index in [1.54, 1.807) is 7.11 Å². The van der Waals surface area contributed by atoms with Crippen molar-refractivity contribution in [3.8, 4) is 5.75 Å². The molecule has 0 heterocycles. The van der Waals surface area contributed by atoms with Crippen molar-refractivity contribution in [2.24, 2.45) is 11.8 Å². The first-order valence-electron chi connectivity index (χ1n) is 7.09. The first-order chi connectivity index (χ1) is 9.06. The second-order valence-electron chi connectivity index (χ2n) is 5.46. The van der Waals surface area contributed by atoms with Gasteiger partial charge in [0.25, 0.3) is 0 Å². The SMILES string of the molecule is CCNCC(Cc1cc(Cl)ccc1OC)CC(C)C. The van der Waals surface area contributed by atoms with Crippen LogP contribution in [0.2, 0.25) is 5.02 Å². The first-order valence-corrected chi connectivity index (χ1v) is 7.47. The van der Waals surface area contributed by atoms with Crippen LogP contribution in [0.25, 0.3) is 0 Å². The summed E-state index contributed by atoms with van der Waals surface area (Å²) in [5.74, 6) is 2.26. The van der Waals surface area contributed by atoms with E-state index in [-0.39, 0.29) is 0 Å². The Hall–Kier alpha value is -0.730. The molecule has 1 atom stereocenters. The number of nitrogens with one attached hydrogen (secondary N) is 1. The summed E-state index contributed by atoms with van der Waals surface area (Å²) in [4.78, 5) is 0. The molecular weight excluding hydrogens is 258 g/mol. The molecule has 1 aromatic carbocycles. The zero-order valence-corrected chi connectivity index (χ0v) is 13.3. The summed E-state index contributed by atoms with van der Waals surface area (Å²) in [6.07, 6.45) is 2.22. The number of methoxy groups -OCH3 is 1. The van der Waals surface area contributed by atoms with E-state index >= 15 is 0 Å². The number of halogens is 1. The normalized spacial score (nSPS) is 12.7. The minimum atomic E-state index is 0.618. The van der Waals surface area contributed by atoms with E-state index in [0.29, 0.717) is 11.8 Å². The highest BCUT2D eigenvalue weighted by molar-refractivity contribution is 6.30. The largest absolute Gasteiger partial charge is 0.496 e. The summed E-state index contributed by atoms with van der Waals surface area (Å²) in [6, 6.07) is 5.86. The number of ether oxygens (including phenoxy) is 1. The van der Waals surface area contributed by atoms with Crippen molar-refractivity contribution in [3.05, 3.63) is 28.8 Å². The highest BCUT2D eigenvalue weighted by Crippen LogP contribution is 2.27. The number of hydrogen-bond donors (Lipinski definition) is 1. The molecule has 0 radical (unpaired) electrons. The lowest BCUT2D eigenvalue weighted by Gasteiger charge is -2.20. The molecule has 19 heavy (non-hydrogen) atoms. The van der Waals surface area contributed by atoms with E-state index in [1.165, 1.54) is 12.0 Å². The van der Waals surface area contributed by atoms with E-state index < -0.39 is 0 Å². The van der Waals surface area contributed by atoms with Gasteiger partial charge in [0.2, 0.25) is 0 Å². The lowest BCUT2D eigenvalue weighted by atomic mass is 9.90. The van der Waals surface area contributed by atoms with Gasteiger partial charge in [-0.25, -0.2) is 0 Å². The fourth-order valence-corrected chi connectivity index (χ4v) is 2.67. The summed E-state index contributed by atoms with van der Waals surface area (Å²) in [5, 5.41) is 4.23. The van der Waals surface area contributed by atoms with Gasteiger partial charge in [0.1, 0.15) is 5.75 Å². The molecule has 0 spiro atoms. The average molecular weight is 284 g/mol. The number of hydrogen-bond acceptors (Lipinski definition) is 2. The third-order valence-electron chi connectivity index (χ3n) is 3.24. The van der Waals surface area contributed by atoms with Gasteiger partial charge >= 0.3 is 0 Å². The van der Waals surface area contributed by atoms with Crippen LogP contribution >= 0.6 is 11.6 Å². The van der Waals surface area contributed by atoms with Crippen molar-refractivity contribution >= 4 is 11.6 Å². The van der Waals surface area contributed by atoms with E-state index in [2.05, 4.69) is 26.1 Å². The fraction of sp³-hybridized carbons (Fsp3) is 0.625. The molecule has 0 saturated heterocycles. The molecule has 0 aliphatic carbocycles. The van der Waals surface area contributed by atoms with Gasteiger partial charge < -0.3 is 10.1 Å². The number of benzene rings is 1. The molecule has 0 saturated carbocycles. The van der Waals surface area contributed by atoms with Gasteiger partial charge in [-0.1, -0.05) is 32.4 Å². The summed E-state index contributed by atoms with van der Waals surface area (Å²) in [6.45, 7) is 8.75. The van der Waals surface area contributed by atoms with Crippen LogP contribution in [-0.4, -0.2) is 20.2 Å². The third-order valence-corrected chi connectivity index (χ3v) is 3.47. The zero-order chi connectivity index (χ0) is 14.3. The van der Waals surface area contributed by atoms with Crippen LogP contribution in [0.3, 0.4) is 0 Å². The molecule has 2 nitrogen and oxygen atoms in total. The van der Waals surface area contributed by atoms with Crippen molar-refractivity contribution < 1.29 is 4.74 Å². The molecule has 1 rings (SSSR count). The maximum Gasteiger partial charge on any atom is 0.122 e. The van der Waals surface area contributed by atoms with E-state index in [0.717, 1.165) is 30.3 Å². The predicted octanol–water partition coefficient (Wildman–Crippen LogP) is 4.16. The zero-order valence-electron chi connectivity index (χ0n) is 12.5. The van der Waals surface area contributed by atoms with Crippen LogP contribution in [0.15, 0.2) is 18.2 Å². The Bertz CT molecular complexity index is 379. The molecule has 0 aromatic heterocycles. The summed E-state index contributed by atoms with van der Waals surface area (Å²) >= 11 is 6.10. The molecule has 0 amide bonds. The minimum absolute atomic E-state index is 0.618. The summed E-state index contributed by atoms with van der Waals surface area (Å²) in [5.41, 5.74) is 1.21. The van der Waals surface area contributed by atoms with Crippen molar-refractivity contribution in [1.29, 1.82) is 0 Å². The Morgan fingerprint density at radius 2 is 2.05 bits per heavy atom. The van der Waals surface area contributed by atoms with Gasteiger partial charge in [-0.3, -0.25) is 0 Å². The monoisotopic (exact) mass is 283 g/mol. The summed E-state index contributed by atoms with van der Waals surface area (Å²) in [7, 11) is 1.72. The maximum atomic E-state index is 6.10. The summed E-state index contributed by atoms with van der Waals surface area (Å²) < 4.78 is 5.43. The second-order valence-corrected chi connectivity index (χ2v) is 5.90. The molecule has 1 aromatic rings. The van der Waals surface area contributed by atoms with Crippen LogP contribution in [0.5, 0.6) is 5.75 Å². The first kappa shape index (κ1) is 16.3. The highest BCUT2D eigenvalue weighted by Gasteiger charge is 2.14. The predicted molar refractivity (Wildman–Crippen MR) is 83.2 cm³/mol. The van der Waals surface area contributed by atoms with Gasteiger partial charge in [0.05, 0.1) is 7.11 Å². The maximum absolute atomic E-state index is 6.10. The Morgan fingerprint density at radius 3 is 2.63 bits per heavy atom. The molecule has 3 heteroatoms. The van der Waals surface area contributed by atoms with Crippen molar-refractivity contribution in [2.45, 2.75) is 33.6 Å². The molecular formula is C16H26ClNO. The Morgan fingerprint density at radius 1 is 1.32 bits per heavy atom. The Balaban J connectivity index is 2.78. The topological polar surface area (TPSA) is 21.3 Å². The van der Waals surface area contributed by atoms with E-state index in [1.807, 2.05) is 18.2 Å². The van der Waals surface area contributed by atoms with Gasteiger partial charge in [-0.2, -0.15) is 0 Å². The van der Waals surface area contributed by atoms with Crippen molar-refractivity contribution in [2.75, 3.05) is 20.2 Å². The van der Waals surface area contributed by atoms with Gasteiger partial charge in [0, 0.05) is 5.02 Å². The molecule has 0 fully saturated rings. The van der Waals surface area contributed by atoms with Gasteiger partial charge in [0.15, 0.2) is 0 Å². The Labute approximate surface area is 122 Å². The van der Waals surface area contributed by atoms with E-state index in [9.17, 15) is 0 Å². The number of rotatable bonds is 8. The second kappa shape index (κ2) is 8.44. The van der Waals surface area contributed by atoms with Crippen molar-refractivity contribution in [1.82, 2.24) is 5.32 Å². The van der Waals surface area contributed by atoms with Crippen molar-refractivity contribution in [3.63, 3.8) is 0 Å². The molecule has 1 N–H and O–H groups in total. The van der Waals surface area contributed by atoms with Crippen LogP contribution < -0.4 is 10.1 Å². The van der Waals surface area contributed by atoms with Crippen LogP contribution in [0.1, 0.15) is 32.8 Å². The Kier molecular flexibility index (Phi) is 7.25. The van der Waals surface area contributed by atoms with E-state index in [4.69, 9.17) is 16.3 Å². The third kappa shape index (κ3) is 5.84. The smallest absolute Gasteiger partial charge is 0.122 e. The van der Waals surface area contributed by atoms with Crippen LogP contribution in [0.4, 0.5) is 0 Å². The molecule has 1 unspecified atom stereocenters. The van der Waals surface area contributed by atoms with Gasteiger partial charge in [-0.05, 0) is 61.5 Å². The molecule has 0 aliphatic heterocycles. The van der Waals surface area contributed by atoms with Crippen LogP contribution in [0, 0.1) is 11.8 Å². The molecule has 0 bridgehead atoms. The van der Waals surface area contributed by atoms with Crippen LogP contribution in [-0.2, 0) is 6.42 Å². The molecule has 0 aliphatic rings.